The van der Waals surface area contributed by atoms with Gasteiger partial charge in [-0.3, -0.25) is 4.79 Å². The van der Waals surface area contributed by atoms with E-state index in [1.165, 1.54) is 0 Å². The highest BCUT2D eigenvalue weighted by Gasteiger charge is 2.70. The lowest BCUT2D eigenvalue weighted by molar-refractivity contribution is -0.155. The zero-order valence-corrected chi connectivity index (χ0v) is 16.6. The molecule has 0 bridgehead atoms. The highest BCUT2D eigenvalue weighted by atomic mass is 32.2. The molecule has 1 aliphatic rings. The minimum absolute atomic E-state index is 0.285. The Labute approximate surface area is 173 Å². The van der Waals surface area contributed by atoms with Crippen LogP contribution in [0, 0.1) is 5.92 Å². The molecule has 3 atom stereocenters. The Morgan fingerprint density at radius 1 is 1.19 bits per heavy atom. The van der Waals surface area contributed by atoms with Crippen LogP contribution in [0.15, 0.2) is 62.6 Å². The summed E-state index contributed by atoms with van der Waals surface area (Å²) in [5, 5.41) is 12.4. The second-order valence-electron chi connectivity index (χ2n) is 7.15. The summed E-state index contributed by atoms with van der Waals surface area (Å²) in [6.45, 7) is 1.61. The van der Waals surface area contributed by atoms with Gasteiger partial charge in [0.2, 0.25) is 10.9 Å². The molecule has 31 heavy (non-hydrogen) atoms. The molecule has 0 unspecified atom stereocenters. The molecule has 0 radical (unpaired) electrons. The molecule has 1 fully saturated rings. The molecule has 2 N–H and O–H groups in total. The van der Waals surface area contributed by atoms with E-state index in [9.17, 15) is 31.5 Å². The fourth-order valence-corrected chi connectivity index (χ4v) is 5.09. The number of nitrogens with one attached hydrogen (secondary N) is 1. The summed E-state index contributed by atoms with van der Waals surface area (Å²) >= 11 is 0. The second-order valence-corrected chi connectivity index (χ2v) is 8.76. The average molecular weight is 456 g/mol. The van der Waals surface area contributed by atoms with E-state index < -0.39 is 50.4 Å². The van der Waals surface area contributed by atoms with Crippen LogP contribution >= 0.6 is 0 Å². The first-order chi connectivity index (χ1) is 14.5. The van der Waals surface area contributed by atoms with Crippen LogP contribution in [0.3, 0.4) is 0 Å². The van der Waals surface area contributed by atoms with E-state index >= 15 is 0 Å². The first-order valence-corrected chi connectivity index (χ1v) is 10.4. The molecule has 0 amide bonds. The van der Waals surface area contributed by atoms with Crippen molar-refractivity contribution in [3.63, 3.8) is 0 Å². The number of carboxylic acid groups (broad SMARTS) is 1. The second kappa shape index (κ2) is 6.95. The van der Waals surface area contributed by atoms with Gasteiger partial charge in [-0.2, -0.15) is 17.9 Å². The zero-order chi connectivity index (χ0) is 22.6. The third-order valence-corrected chi connectivity index (χ3v) is 6.66. The van der Waals surface area contributed by atoms with Crippen LogP contribution in [0.2, 0.25) is 0 Å². The Kier molecular flexibility index (Phi) is 4.74. The highest BCUT2D eigenvalue weighted by molar-refractivity contribution is 7.89. The van der Waals surface area contributed by atoms with Gasteiger partial charge < -0.3 is 14.0 Å². The summed E-state index contributed by atoms with van der Waals surface area (Å²) in [4.78, 5) is 12.0. The molecule has 8 nitrogen and oxygen atoms in total. The Bertz CT molecular complexity index is 1230. The molecule has 2 heterocycles. The Morgan fingerprint density at radius 3 is 2.45 bits per heavy atom. The molecule has 2 aromatic heterocycles. The number of hydrogen-bond acceptors (Lipinski definition) is 6. The number of furan rings is 1. The normalized spacial score (nSPS) is 23.6. The highest BCUT2D eigenvalue weighted by Crippen LogP contribution is 2.58. The fraction of sp³-hybridized carbons (Fsp3) is 0.263. The number of halogens is 3. The molecule has 1 aromatic carbocycles. The van der Waals surface area contributed by atoms with E-state index in [1.54, 1.807) is 37.3 Å². The van der Waals surface area contributed by atoms with Crippen molar-refractivity contribution < 1.29 is 40.4 Å². The van der Waals surface area contributed by atoms with Gasteiger partial charge in [0.15, 0.2) is 5.76 Å². The fourth-order valence-electron chi connectivity index (χ4n) is 3.70. The predicted octanol–water partition coefficient (Wildman–Crippen LogP) is 3.49. The number of nitrogens with zero attached hydrogens (tertiary/aromatic N) is 1. The van der Waals surface area contributed by atoms with Gasteiger partial charge in [0, 0.05) is 12.0 Å². The number of aromatic nitrogens is 1. The van der Waals surface area contributed by atoms with Crippen molar-refractivity contribution in [1.29, 1.82) is 0 Å². The molecule has 4 rings (SSSR count). The van der Waals surface area contributed by atoms with Gasteiger partial charge in [-0.25, -0.2) is 8.42 Å². The average Bonchev–Trinajstić information content (AvgIpc) is 3.13. The molecular weight excluding hydrogens is 441 g/mol. The van der Waals surface area contributed by atoms with E-state index in [1.807, 2.05) is 0 Å². The van der Waals surface area contributed by atoms with Gasteiger partial charge in [-0.15, -0.1) is 0 Å². The van der Waals surface area contributed by atoms with Crippen LogP contribution in [-0.4, -0.2) is 30.2 Å². The maximum absolute atomic E-state index is 12.8. The quantitative estimate of drug-likeness (QED) is 0.582. The number of carboxylic acids is 1. The minimum Gasteiger partial charge on any atom is -0.480 e. The van der Waals surface area contributed by atoms with E-state index in [0.717, 1.165) is 12.1 Å². The van der Waals surface area contributed by atoms with Gasteiger partial charge in [0.05, 0.1) is 0 Å². The third-order valence-electron chi connectivity index (χ3n) is 5.30. The van der Waals surface area contributed by atoms with Crippen LogP contribution in [0.4, 0.5) is 13.2 Å². The van der Waals surface area contributed by atoms with E-state index in [4.69, 9.17) is 4.42 Å². The van der Waals surface area contributed by atoms with Crippen LogP contribution in [0.1, 0.15) is 24.2 Å². The monoisotopic (exact) mass is 456 g/mol. The van der Waals surface area contributed by atoms with Crippen molar-refractivity contribution in [3.05, 3.63) is 59.9 Å². The molecular formula is C19H15F3N2O6S. The summed E-state index contributed by atoms with van der Waals surface area (Å²) < 4.78 is 75.2. The van der Waals surface area contributed by atoms with Gasteiger partial charge in [-0.05, 0) is 23.6 Å². The standard InChI is InChI=1S/C19H15F3N2O6S/c1-10-16(11-5-3-2-4-6-11)18(10,17(25)26)24-31(27,28)15-8-7-13(29-15)12-9-14(30-23-12)19(20,21)22/h2-10,16,24H,1H3,(H,25,26)/t10-,16-,18+/m1/s1. The van der Waals surface area contributed by atoms with Crippen molar-refractivity contribution in [2.45, 2.75) is 29.6 Å². The Hall–Kier alpha value is -3.12. The lowest BCUT2D eigenvalue weighted by atomic mass is 10.1. The van der Waals surface area contributed by atoms with Crippen molar-refractivity contribution in [1.82, 2.24) is 9.88 Å². The van der Waals surface area contributed by atoms with Crippen molar-refractivity contribution in [2.24, 2.45) is 5.92 Å². The number of hydrogen-bond donors (Lipinski definition) is 2. The van der Waals surface area contributed by atoms with Crippen LogP contribution < -0.4 is 4.72 Å². The minimum atomic E-state index is -4.77. The summed E-state index contributed by atoms with van der Waals surface area (Å²) in [5.41, 5.74) is -1.49. The molecule has 164 valence electrons. The maximum Gasteiger partial charge on any atom is 0.452 e. The van der Waals surface area contributed by atoms with Crippen LogP contribution in [0.5, 0.6) is 0 Å². The van der Waals surface area contributed by atoms with E-state index in [2.05, 4.69) is 14.4 Å². The molecule has 3 aromatic rings. The maximum atomic E-state index is 12.8. The van der Waals surface area contributed by atoms with E-state index in [-0.39, 0.29) is 11.5 Å². The van der Waals surface area contributed by atoms with Crippen molar-refractivity contribution in [2.75, 3.05) is 0 Å². The van der Waals surface area contributed by atoms with Gasteiger partial charge >= 0.3 is 12.1 Å². The third kappa shape index (κ3) is 3.51. The van der Waals surface area contributed by atoms with Gasteiger partial charge in [0.25, 0.3) is 10.0 Å². The molecule has 0 aliphatic heterocycles. The number of carbonyl (C=O) groups is 1. The van der Waals surface area contributed by atoms with Gasteiger partial charge in [-0.1, -0.05) is 42.4 Å². The summed E-state index contributed by atoms with van der Waals surface area (Å²) in [6.07, 6.45) is -4.77. The Balaban J connectivity index is 1.62. The predicted molar refractivity (Wildman–Crippen MR) is 98.2 cm³/mol. The van der Waals surface area contributed by atoms with Crippen molar-refractivity contribution in [3.8, 4) is 11.5 Å². The summed E-state index contributed by atoms with van der Waals surface area (Å²) in [7, 11) is -4.46. The van der Waals surface area contributed by atoms with E-state index in [0.29, 0.717) is 11.6 Å². The number of aliphatic carboxylic acids is 1. The lowest BCUT2D eigenvalue weighted by Crippen LogP contribution is -2.45. The van der Waals surface area contributed by atoms with Crippen molar-refractivity contribution >= 4 is 16.0 Å². The number of rotatable bonds is 6. The van der Waals surface area contributed by atoms with Gasteiger partial charge in [0.1, 0.15) is 11.2 Å². The summed E-state index contributed by atoms with van der Waals surface area (Å²) in [6, 6.07) is 11.3. The lowest BCUT2D eigenvalue weighted by Gasteiger charge is -2.14. The number of sulfonamides is 1. The molecule has 12 heteroatoms. The molecule has 0 spiro atoms. The van der Waals surface area contributed by atoms with Crippen LogP contribution in [-0.2, 0) is 21.0 Å². The molecule has 0 saturated heterocycles. The smallest absolute Gasteiger partial charge is 0.452 e. The summed E-state index contributed by atoms with van der Waals surface area (Å²) in [5.74, 6) is -4.17. The first-order valence-electron chi connectivity index (χ1n) is 8.93. The first kappa shape index (κ1) is 21.1. The Morgan fingerprint density at radius 2 is 1.87 bits per heavy atom. The SMILES string of the molecule is C[C@@H]1[C@H](c2ccccc2)[C@]1(NS(=O)(=O)c1ccc(-c2cc(C(F)(F)F)on2)o1)C(=O)O. The number of alkyl halides is 3. The van der Waals surface area contributed by atoms with Crippen LogP contribution in [0.25, 0.3) is 11.5 Å². The number of benzene rings is 1. The largest absolute Gasteiger partial charge is 0.480 e. The topological polar surface area (TPSA) is 123 Å². The zero-order valence-electron chi connectivity index (χ0n) is 15.8. The molecule has 1 aliphatic carbocycles. The molecule has 1 saturated carbocycles.